The van der Waals surface area contributed by atoms with Gasteiger partial charge in [0.1, 0.15) is 17.5 Å². The lowest BCUT2D eigenvalue weighted by Crippen LogP contribution is -2.13. The number of aromatic amines is 1. The zero-order chi connectivity index (χ0) is 17.2. The second-order valence-electron chi connectivity index (χ2n) is 6.26. The van der Waals surface area contributed by atoms with Crippen LogP contribution in [0.15, 0.2) is 42.5 Å². The summed E-state index contributed by atoms with van der Waals surface area (Å²) in [5.41, 5.74) is 2.00. The van der Waals surface area contributed by atoms with E-state index in [4.69, 9.17) is 4.74 Å². The number of nitrogens with one attached hydrogen (secondary N) is 1. The first-order valence-electron chi connectivity index (χ1n) is 8.41. The minimum absolute atomic E-state index is 0.0155. The van der Waals surface area contributed by atoms with Crippen molar-refractivity contribution in [1.29, 1.82) is 0 Å². The maximum absolute atomic E-state index is 14.0. The van der Waals surface area contributed by atoms with E-state index in [0.717, 1.165) is 42.9 Å². The molecule has 1 saturated heterocycles. The van der Waals surface area contributed by atoms with Gasteiger partial charge in [-0.05, 0) is 54.7 Å². The van der Waals surface area contributed by atoms with Crippen LogP contribution >= 0.6 is 0 Å². The second kappa shape index (κ2) is 6.76. The van der Waals surface area contributed by atoms with Gasteiger partial charge in [-0.1, -0.05) is 18.2 Å². The highest BCUT2D eigenvalue weighted by Crippen LogP contribution is 2.28. The first-order chi connectivity index (χ1) is 12.2. The molecule has 0 amide bonds. The Morgan fingerprint density at radius 2 is 1.84 bits per heavy atom. The van der Waals surface area contributed by atoms with E-state index in [1.54, 1.807) is 18.2 Å². The lowest BCUT2D eigenvalue weighted by molar-refractivity contribution is 0.0787. The Morgan fingerprint density at radius 1 is 1.08 bits per heavy atom. The number of aromatic nitrogens is 2. The quantitative estimate of drug-likeness (QED) is 0.733. The van der Waals surface area contributed by atoms with Crippen LogP contribution < -0.4 is 0 Å². The van der Waals surface area contributed by atoms with Crippen LogP contribution in [0.4, 0.5) is 8.78 Å². The zero-order valence-electron chi connectivity index (χ0n) is 13.6. The molecule has 25 heavy (non-hydrogen) atoms. The number of H-pyrrole nitrogens is 1. The summed E-state index contributed by atoms with van der Waals surface area (Å²) in [5.74, 6) is 0.106. The van der Waals surface area contributed by atoms with E-state index >= 15 is 0 Å². The molecule has 0 atom stereocenters. The Labute approximate surface area is 144 Å². The molecule has 0 spiro atoms. The molecule has 3 aromatic rings. The van der Waals surface area contributed by atoms with Crippen LogP contribution in [0, 0.1) is 17.6 Å². The molecule has 1 aliphatic rings. The number of benzene rings is 2. The summed E-state index contributed by atoms with van der Waals surface area (Å²) in [6.07, 6.45) is 6.16. The molecule has 0 aliphatic carbocycles. The van der Waals surface area contributed by atoms with Gasteiger partial charge in [-0.15, -0.1) is 0 Å². The summed E-state index contributed by atoms with van der Waals surface area (Å²) < 4.78 is 33.3. The van der Waals surface area contributed by atoms with Crippen LogP contribution in [0.25, 0.3) is 28.2 Å². The number of hydrogen-bond acceptors (Lipinski definition) is 2. The summed E-state index contributed by atoms with van der Waals surface area (Å²) in [5, 5.41) is 0. The number of ether oxygens (including phenoxy) is 1. The molecule has 3 nitrogen and oxygen atoms in total. The Kier molecular flexibility index (Phi) is 4.32. The average molecular weight is 340 g/mol. The SMILES string of the molecule is Fc1cccc(F)c1-c1ccc2nc(/C=C/C3CCOCC3)[nH]c2c1. The third-order valence-electron chi connectivity index (χ3n) is 4.54. The van der Waals surface area contributed by atoms with Crippen molar-refractivity contribution in [2.75, 3.05) is 13.2 Å². The maximum atomic E-state index is 14.0. The standard InChI is InChI=1S/C20H18F2N2O/c21-15-2-1-3-16(22)20(15)14-5-6-17-18(12-14)24-19(23-17)7-4-13-8-10-25-11-9-13/h1-7,12-13H,8-11H2,(H,23,24)/b7-4+. The van der Waals surface area contributed by atoms with Crippen molar-refractivity contribution in [2.24, 2.45) is 5.92 Å². The Hall–Kier alpha value is -2.53. The van der Waals surface area contributed by atoms with Gasteiger partial charge in [0.15, 0.2) is 0 Å². The molecule has 4 rings (SSSR count). The van der Waals surface area contributed by atoms with Crippen LogP contribution in [-0.2, 0) is 4.74 Å². The normalized spacial score (nSPS) is 16.1. The summed E-state index contributed by atoms with van der Waals surface area (Å²) >= 11 is 0. The van der Waals surface area contributed by atoms with Gasteiger partial charge in [-0.25, -0.2) is 13.8 Å². The largest absolute Gasteiger partial charge is 0.381 e. The van der Waals surface area contributed by atoms with Crippen LogP contribution in [-0.4, -0.2) is 23.2 Å². The van der Waals surface area contributed by atoms with Crippen LogP contribution in [0.1, 0.15) is 18.7 Å². The fourth-order valence-electron chi connectivity index (χ4n) is 3.17. The highest BCUT2D eigenvalue weighted by molar-refractivity contribution is 5.83. The number of fused-ring (bicyclic) bond motifs is 1. The monoisotopic (exact) mass is 340 g/mol. The van der Waals surface area contributed by atoms with Crippen molar-refractivity contribution < 1.29 is 13.5 Å². The van der Waals surface area contributed by atoms with Crippen LogP contribution in [0.5, 0.6) is 0 Å². The number of nitrogens with zero attached hydrogens (tertiary/aromatic N) is 1. The van der Waals surface area contributed by atoms with Gasteiger partial charge in [-0.3, -0.25) is 0 Å². The van der Waals surface area contributed by atoms with Crippen molar-refractivity contribution in [3.8, 4) is 11.1 Å². The summed E-state index contributed by atoms with van der Waals surface area (Å²) in [7, 11) is 0. The van der Waals surface area contributed by atoms with Crippen molar-refractivity contribution >= 4 is 17.1 Å². The third-order valence-corrected chi connectivity index (χ3v) is 4.54. The minimum atomic E-state index is -0.571. The molecule has 5 heteroatoms. The van der Waals surface area contributed by atoms with E-state index < -0.39 is 11.6 Å². The van der Waals surface area contributed by atoms with Crippen LogP contribution in [0.3, 0.4) is 0 Å². The number of halogens is 2. The van der Waals surface area contributed by atoms with Gasteiger partial charge in [-0.2, -0.15) is 0 Å². The van der Waals surface area contributed by atoms with Gasteiger partial charge in [0.2, 0.25) is 0 Å². The third kappa shape index (κ3) is 3.33. The molecule has 1 aromatic heterocycles. The molecular weight excluding hydrogens is 322 g/mol. The Bertz CT molecular complexity index is 906. The van der Waals surface area contributed by atoms with Crippen molar-refractivity contribution in [3.63, 3.8) is 0 Å². The summed E-state index contributed by atoms with van der Waals surface area (Å²) in [6.45, 7) is 1.60. The lowest BCUT2D eigenvalue weighted by atomic mass is 10.00. The molecule has 128 valence electrons. The van der Waals surface area contributed by atoms with E-state index in [9.17, 15) is 8.78 Å². The molecule has 2 aromatic carbocycles. The van der Waals surface area contributed by atoms with E-state index in [1.165, 1.54) is 18.2 Å². The molecule has 0 bridgehead atoms. The van der Waals surface area contributed by atoms with Crippen molar-refractivity contribution in [2.45, 2.75) is 12.8 Å². The smallest absolute Gasteiger partial charge is 0.133 e. The molecular formula is C20H18F2N2O. The maximum Gasteiger partial charge on any atom is 0.133 e. The molecule has 0 radical (unpaired) electrons. The fraction of sp³-hybridized carbons (Fsp3) is 0.250. The second-order valence-corrected chi connectivity index (χ2v) is 6.26. The topological polar surface area (TPSA) is 37.9 Å². The predicted molar refractivity (Wildman–Crippen MR) is 94.0 cm³/mol. The zero-order valence-corrected chi connectivity index (χ0v) is 13.6. The Morgan fingerprint density at radius 3 is 2.60 bits per heavy atom. The highest BCUT2D eigenvalue weighted by Gasteiger charge is 2.13. The van der Waals surface area contributed by atoms with E-state index in [2.05, 4.69) is 16.0 Å². The van der Waals surface area contributed by atoms with Crippen molar-refractivity contribution in [3.05, 3.63) is 59.9 Å². The van der Waals surface area contributed by atoms with E-state index in [0.29, 0.717) is 11.5 Å². The summed E-state index contributed by atoms with van der Waals surface area (Å²) in [6, 6.07) is 9.09. The van der Waals surface area contributed by atoms with Gasteiger partial charge in [0.05, 0.1) is 16.6 Å². The first-order valence-corrected chi connectivity index (χ1v) is 8.41. The summed E-state index contributed by atoms with van der Waals surface area (Å²) in [4.78, 5) is 7.73. The number of allylic oxidation sites excluding steroid dienone is 1. The minimum Gasteiger partial charge on any atom is -0.381 e. The number of rotatable bonds is 3. The number of hydrogen-bond donors (Lipinski definition) is 1. The van der Waals surface area contributed by atoms with Gasteiger partial charge < -0.3 is 9.72 Å². The molecule has 1 N–H and O–H groups in total. The number of imidazole rings is 1. The highest BCUT2D eigenvalue weighted by atomic mass is 19.1. The lowest BCUT2D eigenvalue weighted by Gasteiger charge is -2.18. The average Bonchev–Trinajstić information content (AvgIpc) is 3.03. The van der Waals surface area contributed by atoms with E-state index in [1.807, 2.05) is 6.08 Å². The fourth-order valence-corrected chi connectivity index (χ4v) is 3.17. The first kappa shape index (κ1) is 16.0. The molecule has 0 saturated carbocycles. The molecule has 1 aliphatic heterocycles. The van der Waals surface area contributed by atoms with Gasteiger partial charge in [0, 0.05) is 13.2 Å². The van der Waals surface area contributed by atoms with Gasteiger partial charge in [0.25, 0.3) is 0 Å². The van der Waals surface area contributed by atoms with Gasteiger partial charge >= 0.3 is 0 Å². The molecule has 0 unspecified atom stereocenters. The van der Waals surface area contributed by atoms with Crippen molar-refractivity contribution in [1.82, 2.24) is 9.97 Å². The van der Waals surface area contributed by atoms with Crippen LogP contribution in [0.2, 0.25) is 0 Å². The molecule has 2 heterocycles. The molecule has 1 fully saturated rings. The van der Waals surface area contributed by atoms with E-state index in [-0.39, 0.29) is 5.56 Å². The predicted octanol–water partition coefficient (Wildman–Crippen LogP) is 4.95. The Balaban J connectivity index is 1.64.